The summed E-state index contributed by atoms with van der Waals surface area (Å²) in [7, 11) is 1.65. The van der Waals surface area contributed by atoms with E-state index in [1.54, 1.807) is 14.0 Å². The Balaban J connectivity index is 2.28. The molecular weight excluding hydrogens is 210 g/mol. The zero-order chi connectivity index (χ0) is 11.9. The lowest BCUT2D eigenvalue weighted by molar-refractivity contribution is 0.0693. The number of aryl methyl sites for hydroxylation is 1. The van der Waals surface area contributed by atoms with Crippen LogP contribution in [-0.4, -0.2) is 26.8 Å². The lowest BCUT2D eigenvalue weighted by Gasteiger charge is -2.02. The quantitative estimate of drug-likeness (QED) is 0.595. The highest BCUT2D eigenvalue weighted by atomic mass is 16.5. The predicted octanol–water partition coefficient (Wildman–Crippen LogP) is 1.19. The second-order valence-electron chi connectivity index (χ2n) is 3.93. The summed E-state index contributed by atoms with van der Waals surface area (Å²) in [6.07, 6.45) is 1.88. The third kappa shape index (κ3) is 1.78. The number of carboxylic acids is 1. The number of nitrogens with one attached hydrogen (secondary N) is 1. The molecule has 1 saturated carbocycles. The van der Waals surface area contributed by atoms with Crippen molar-refractivity contribution in [1.82, 2.24) is 9.78 Å². The number of nitrogens with zero attached hydrogens (tertiary/aromatic N) is 2. The number of carboxylic acid groups (broad SMARTS) is 1. The first-order chi connectivity index (χ1) is 7.50. The Kier molecular flexibility index (Phi) is 2.41. The molecule has 1 aromatic heterocycles. The van der Waals surface area contributed by atoms with Crippen molar-refractivity contribution in [2.75, 3.05) is 0 Å². The van der Waals surface area contributed by atoms with Crippen molar-refractivity contribution in [3.63, 3.8) is 0 Å². The Morgan fingerprint density at radius 3 is 2.75 bits per heavy atom. The highest BCUT2D eigenvalue weighted by Gasteiger charge is 2.31. The van der Waals surface area contributed by atoms with E-state index in [4.69, 9.17) is 15.3 Å². The van der Waals surface area contributed by atoms with Crippen molar-refractivity contribution in [1.29, 1.82) is 5.41 Å². The molecule has 16 heavy (non-hydrogen) atoms. The summed E-state index contributed by atoms with van der Waals surface area (Å²) in [5, 5.41) is 20.6. The zero-order valence-corrected chi connectivity index (χ0v) is 9.15. The Morgan fingerprint density at radius 2 is 2.25 bits per heavy atom. The van der Waals surface area contributed by atoms with Gasteiger partial charge in [-0.1, -0.05) is 0 Å². The Morgan fingerprint density at radius 1 is 1.62 bits per heavy atom. The summed E-state index contributed by atoms with van der Waals surface area (Å²) in [5.74, 6) is -0.807. The molecule has 1 fully saturated rings. The van der Waals surface area contributed by atoms with E-state index in [2.05, 4.69) is 5.10 Å². The van der Waals surface area contributed by atoms with Crippen molar-refractivity contribution in [2.45, 2.75) is 19.8 Å². The molecule has 2 rings (SSSR count). The molecule has 0 saturated heterocycles. The summed E-state index contributed by atoms with van der Waals surface area (Å²) in [4.78, 5) is 11.0. The van der Waals surface area contributed by atoms with Crippen molar-refractivity contribution in [3.8, 4) is 5.88 Å². The highest BCUT2D eigenvalue weighted by Crippen LogP contribution is 2.31. The standard InChI is InChI=1S/C10H13N3O3/c1-5-7(10(14)15)9(12-13(5)2)16-8(11)6-3-4-6/h6,11H,3-4H2,1-2H3,(H,14,15). The van der Waals surface area contributed by atoms with Gasteiger partial charge in [0.1, 0.15) is 5.56 Å². The van der Waals surface area contributed by atoms with Gasteiger partial charge in [-0.05, 0) is 19.8 Å². The summed E-state index contributed by atoms with van der Waals surface area (Å²) < 4.78 is 6.65. The summed E-state index contributed by atoms with van der Waals surface area (Å²) in [6.45, 7) is 1.66. The van der Waals surface area contributed by atoms with Crippen LogP contribution in [0.4, 0.5) is 0 Å². The first kappa shape index (κ1) is 10.7. The smallest absolute Gasteiger partial charge is 0.343 e. The average molecular weight is 223 g/mol. The van der Waals surface area contributed by atoms with Crippen LogP contribution in [0.1, 0.15) is 28.9 Å². The van der Waals surface area contributed by atoms with E-state index in [9.17, 15) is 4.79 Å². The fourth-order valence-corrected chi connectivity index (χ4v) is 1.43. The molecule has 86 valence electrons. The molecule has 0 spiro atoms. The SMILES string of the molecule is Cc1c(C(=O)O)c(OC(=N)C2CC2)nn1C. The van der Waals surface area contributed by atoms with E-state index >= 15 is 0 Å². The molecule has 0 atom stereocenters. The first-order valence-corrected chi connectivity index (χ1v) is 5.04. The number of ether oxygens (including phenoxy) is 1. The Hall–Kier alpha value is -1.85. The maximum absolute atomic E-state index is 11.0. The molecule has 1 heterocycles. The minimum atomic E-state index is -1.08. The van der Waals surface area contributed by atoms with Gasteiger partial charge in [0.2, 0.25) is 0 Å². The van der Waals surface area contributed by atoms with E-state index in [0.29, 0.717) is 5.69 Å². The molecule has 1 aromatic rings. The van der Waals surface area contributed by atoms with Crippen LogP contribution >= 0.6 is 0 Å². The summed E-state index contributed by atoms with van der Waals surface area (Å²) >= 11 is 0. The van der Waals surface area contributed by atoms with E-state index in [1.165, 1.54) is 4.68 Å². The summed E-state index contributed by atoms with van der Waals surface area (Å²) in [5.41, 5.74) is 0.555. The molecule has 0 radical (unpaired) electrons. The van der Waals surface area contributed by atoms with Gasteiger partial charge in [-0.25, -0.2) is 4.79 Å². The number of hydrogen-bond acceptors (Lipinski definition) is 4. The van der Waals surface area contributed by atoms with Gasteiger partial charge in [0.25, 0.3) is 5.88 Å². The highest BCUT2D eigenvalue weighted by molar-refractivity contribution is 5.93. The van der Waals surface area contributed by atoms with Crippen LogP contribution in [0.2, 0.25) is 0 Å². The van der Waals surface area contributed by atoms with Gasteiger partial charge in [0.15, 0.2) is 5.90 Å². The average Bonchev–Trinajstić information content (AvgIpc) is 2.96. The first-order valence-electron chi connectivity index (χ1n) is 5.04. The number of hydrogen-bond donors (Lipinski definition) is 2. The maximum atomic E-state index is 11.0. The lowest BCUT2D eigenvalue weighted by Crippen LogP contribution is -2.11. The van der Waals surface area contributed by atoms with Gasteiger partial charge >= 0.3 is 5.97 Å². The van der Waals surface area contributed by atoms with Crippen LogP contribution in [0.15, 0.2) is 0 Å². The third-order valence-electron chi connectivity index (χ3n) is 2.67. The minimum absolute atomic E-state index is 0.0180. The van der Waals surface area contributed by atoms with Crippen LogP contribution in [0.25, 0.3) is 0 Å². The molecule has 0 unspecified atom stereocenters. The second kappa shape index (κ2) is 3.62. The van der Waals surface area contributed by atoms with Gasteiger partial charge in [0, 0.05) is 13.0 Å². The van der Waals surface area contributed by atoms with Gasteiger partial charge in [-0.15, -0.1) is 5.10 Å². The van der Waals surface area contributed by atoms with Crippen molar-refractivity contribution in [3.05, 3.63) is 11.3 Å². The number of rotatable bonds is 3. The number of carbonyl (C=O) groups is 1. The normalized spacial score (nSPS) is 14.9. The largest absolute Gasteiger partial charge is 0.477 e. The van der Waals surface area contributed by atoms with Crippen LogP contribution in [0, 0.1) is 18.3 Å². The van der Waals surface area contributed by atoms with E-state index in [1.807, 2.05) is 0 Å². The molecular formula is C10H13N3O3. The number of aromatic carboxylic acids is 1. The fraction of sp³-hybridized carbons (Fsp3) is 0.500. The van der Waals surface area contributed by atoms with Crippen LogP contribution in [-0.2, 0) is 7.05 Å². The van der Waals surface area contributed by atoms with Crippen molar-refractivity contribution >= 4 is 11.9 Å². The van der Waals surface area contributed by atoms with Gasteiger partial charge < -0.3 is 9.84 Å². The van der Waals surface area contributed by atoms with Crippen LogP contribution in [0.3, 0.4) is 0 Å². The molecule has 6 heteroatoms. The monoisotopic (exact) mass is 223 g/mol. The zero-order valence-electron chi connectivity index (χ0n) is 9.15. The van der Waals surface area contributed by atoms with E-state index in [0.717, 1.165) is 12.8 Å². The van der Waals surface area contributed by atoms with E-state index in [-0.39, 0.29) is 23.3 Å². The molecule has 1 aliphatic rings. The third-order valence-corrected chi connectivity index (χ3v) is 2.67. The molecule has 0 amide bonds. The van der Waals surface area contributed by atoms with E-state index < -0.39 is 5.97 Å². The topological polar surface area (TPSA) is 88.2 Å². The number of aromatic nitrogens is 2. The maximum Gasteiger partial charge on any atom is 0.343 e. The Bertz CT molecular complexity index is 460. The predicted molar refractivity (Wildman–Crippen MR) is 56.0 cm³/mol. The van der Waals surface area contributed by atoms with Gasteiger partial charge in [-0.2, -0.15) is 0 Å². The molecule has 2 N–H and O–H groups in total. The molecule has 1 aliphatic carbocycles. The van der Waals surface area contributed by atoms with Gasteiger partial charge in [0.05, 0.1) is 5.69 Å². The molecule has 0 bridgehead atoms. The second-order valence-corrected chi connectivity index (χ2v) is 3.93. The van der Waals surface area contributed by atoms with Crippen molar-refractivity contribution < 1.29 is 14.6 Å². The lowest BCUT2D eigenvalue weighted by atomic mass is 10.2. The molecule has 6 nitrogen and oxygen atoms in total. The summed E-state index contributed by atoms with van der Waals surface area (Å²) in [6, 6.07) is 0. The van der Waals surface area contributed by atoms with Gasteiger partial charge in [-0.3, -0.25) is 10.1 Å². The van der Waals surface area contributed by atoms with Crippen molar-refractivity contribution in [2.24, 2.45) is 13.0 Å². The Labute approximate surface area is 92.3 Å². The van der Waals surface area contributed by atoms with Crippen LogP contribution in [0.5, 0.6) is 5.88 Å². The van der Waals surface area contributed by atoms with Crippen LogP contribution < -0.4 is 4.74 Å². The minimum Gasteiger partial charge on any atom is -0.477 e. The molecule has 0 aromatic carbocycles. The fourth-order valence-electron chi connectivity index (χ4n) is 1.43. The molecule has 0 aliphatic heterocycles.